The van der Waals surface area contributed by atoms with E-state index in [-0.39, 0.29) is 6.47 Å². The Balaban J connectivity index is 0.000000982. The lowest BCUT2D eigenvalue weighted by Gasteiger charge is -2.00. The monoisotopic (exact) mass is 258 g/mol. The molecule has 19 heavy (non-hydrogen) atoms. The highest BCUT2D eigenvalue weighted by Crippen LogP contribution is 2.07. The fourth-order valence-electron chi connectivity index (χ4n) is 1.48. The molecule has 0 aliphatic carbocycles. The Hall–Kier alpha value is -2.09. The van der Waals surface area contributed by atoms with E-state index >= 15 is 0 Å². The molecule has 0 aliphatic heterocycles. The van der Waals surface area contributed by atoms with E-state index in [0.29, 0.717) is 0 Å². The Labute approximate surface area is 115 Å². The lowest BCUT2D eigenvalue weighted by atomic mass is 10.1. The first-order chi connectivity index (χ1) is 9.17. The van der Waals surface area contributed by atoms with Crippen LogP contribution in [0.3, 0.4) is 0 Å². The Kier molecular flexibility index (Phi) is 9.81. The van der Waals surface area contributed by atoms with Crippen LogP contribution in [0.1, 0.15) is 25.0 Å². The Bertz CT molecular complexity index is 425. The van der Waals surface area contributed by atoms with Crippen LogP contribution in [-0.2, 0) is 17.6 Å². The molecule has 0 aliphatic rings. The van der Waals surface area contributed by atoms with Crippen LogP contribution in [0, 0.1) is 0 Å². The Morgan fingerprint density at radius 1 is 1.26 bits per heavy atom. The summed E-state index contributed by atoms with van der Waals surface area (Å²) in [6.07, 6.45) is 10.2. The van der Waals surface area contributed by atoms with Gasteiger partial charge in [-0.25, -0.2) is 0 Å². The first-order valence-electron chi connectivity index (χ1n) is 6.29. The van der Waals surface area contributed by atoms with Gasteiger partial charge in [-0.05, 0) is 30.9 Å². The molecule has 1 N–H and O–H groups in total. The van der Waals surface area contributed by atoms with Crippen molar-refractivity contribution in [3.05, 3.63) is 71.8 Å². The van der Waals surface area contributed by atoms with Crippen molar-refractivity contribution >= 4 is 6.47 Å². The zero-order valence-corrected chi connectivity index (χ0v) is 11.7. The van der Waals surface area contributed by atoms with Crippen molar-refractivity contribution in [2.75, 3.05) is 0 Å². The summed E-state index contributed by atoms with van der Waals surface area (Å²) in [5.74, 6) is 0. The average Bonchev–Trinajstić information content (AvgIpc) is 2.44. The molecule has 0 saturated carbocycles. The van der Waals surface area contributed by atoms with Gasteiger partial charge in [-0.15, -0.1) is 0 Å². The number of hydrogen-bond acceptors (Lipinski definition) is 1. The molecule has 0 atom stereocenters. The second-order valence-electron chi connectivity index (χ2n) is 4.02. The lowest BCUT2D eigenvalue weighted by Crippen LogP contribution is -1.84. The van der Waals surface area contributed by atoms with Gasteiger partial charge in [0.25, 0.3) is 6.47 Å². The van der Waals surface area contributed by atoms with E-state index in [1.807, 2.05) is 6.08 Å². The summed E-state index contributed by atoms with van der Waals surface area (Å²) >= 11 is 0. The first kappa shape index (κ1) is 16.9. The standard InChI is InChI=1S/C16H20.CH2O2/c1-4-6-7-14(3)8-9-16-12-10-15(5-2)11-13-16;2-1-3/h4,6-8,10-13H,1,5,9H2,2-3H3;1H,(H,2,3)/b7-6-,14-8-;. The molecule has 0 radical (unpaired) electrons. The highest BCUT2D eigenvalue weighted by atomic mass is 16.3. The van der Waals surface area contributed by atoms with Gasteiger partial charge >= 0.3 is 0 Å². The number of rotatable bonds is 5. The summed E-state index contributed by atoms with van der Waals surface area (Å²) in [6.45, 7) is 7.70. The maximum Gasteiger partial charge on any atom is 0.290 e. The second-order valence-corrected chi connectivity index (χ2v) is 4.02. The number of aryl methyl sites for hydroxylation is 1. The van der Waals surface area contributed by atoms with Gasteiger partial charge in [-0.2, -0.15) is 0 Å². The van der Waals surface area contributed by atoms with Crippen LogP contribution in [0.4, 0.5) is 0 Å². The normalized spacial score (nSPS) is 10.7. The third-order valence-corrected chi connectivity index (χ3v) is 2.59. The van der Waals surface area contributed by atoms with Crippen molar-refractivity contribution in [3.63, 3.8) is 0 Å². The fraction of sp³-hybridized carbons (Fsp3) is 0.235. The molecule has 1 rings (SSSR count). The number of hydrogen-bond donors (Lipinski definition) is 1. The van der Waals surface area contributed by atoms with Gasteiger partial charge in [-0.3, -0.25) is 4.79 Å². The van der Waals surface area contributed by atoms with E-state index in [1.165, 1.54) is 16.7 Å². The van der Waals surface area contributed by atoms with Crippen LogP contribution in [-0.4, -0.2) is 11.6 Å². The SMILES string of the molecule is C=C/C=C\C(C)=C/Cc1ccc(CC)cc1.O=CO. The molecule has 0 aromatic heterocycles. The summed E-state index contributed by atoms with van der Waals surface area (Å²) < 4.78 is 0. The third kappa shape index (κ3) is 8.61. The van der Waals surface area contributed by atoms with E-state index in [1.54, 1.807) is 6.08 Å². The zero-order chi connectivity index (χ0) is 14.5. The van der Waals surface area contributed by atoms with Crippen molar-refractivity contribution < 1.29 is 9.90 Å². The first-order valence-corrected chi connectivity index (χ1v) is 6.29. The molecule has 0 unspecified atom stereocenters. The second kappa shape index (κ2) is 11.0. The lowest BCUT2D eigenvalue weighted by molar-refractivity contribution is -0.122. The summed E-state index contributed by atoms with van der Waals surface area (Å²) in [7, 11) is 0. The number of allylic oxidation sites excluding steroid dienone is 5. The molecular weight excluding hydrogens is 236 g/mol. The van der Waals surface area contributed by atoms with Gasteiger partial charge < -0.3 is 5.11 Å². The van der Waals surface area contributed by atoms with Crippen LogP contribution in [0.15, 0.2) is 60.7 Å². The van der Waals surface area contributed by atoms with E-state index in [4.69, 9.17) is 9.90 Å². The van der Waals surface area contributed by atoms with Crippen molar-refractivity contribution in [3.8, 4) is 0 Å². The van der Waals surface area contributed by atoms with Crippen molar-refractivity contribution in [2.24, 2.45) is 0 Å². The predicted molar refractivity (Wildman–Crippen MR) is 81.3 cm³/mol. The van der Waals surface area contributed by atoms with Gasteiger partial charge in [0, 0.05) is 0 Å². The molecule has 2 nitrogen and oxygen atoms in total. The number of carboxylic acid groups (broad SMARTS) is 1. The van der Waals surface area contributed by atoms with Gasteiger partial charge in [0.1, 0.15) is 0 Å². The Morgan fingerprint density at radius 2 is 1.79 bits per heavy atom. The van der Waals surface area contributed by atoms with E-state index in [0.717, 1.165) is 12.8 Å². The molecule has 0 amide bonds. The quantitative estimate of drug-likeness (QED) is 0.635. The minimum absolute atomic E-state index is 0.250. The maximum absolute atomic E-state index is 8.36. The minimum atomic E-state index is -0.250. The topological polar surface area (TPSA) is 37.3 Å². The van der Waals surface area contributed by atoms with E-state index < -0.39 is 0 Å². The van der Waals surface area contributed by atoms with Gasteiger partial charge in [0.15, 0.2) is 0 Å². The molecule has 1 aromatic carbocycles. The molecule has 102 valence electrons. The Morgan fingerprint density at radius 3 is 2.26 bits per heavy atom. The van der Waals surface area contributed by atoms with Crippen molar-refractivity contribution in [2.45, 2.75) is 26.7 Å². The summed E-state index contributed by atoms with van der Waals surface area (Å²) in [6, 6.07) is 8.83. The highest BCUT2D eigenvalue weighted by Gasteiger charge is 1.91. The molecule has 0 spiro atoms. The zero-order valence-electron chi connectivity index (χ0n) is 11.7. The molecule has 0 heterocycles. The van der Waals surface area contributed by atoms with Gasteiger partial charge in [0.2, 0.25) is 0 Å². The van der Waals surface area contributed by atoms with Crippen LogP contribution >= 0.6 is 0 Å². The predicted octanol–water partition coefficient (Wildman–Crippen LogP) is 4.18. The van der Waals surface area contributed by atoms with E-state index in [2.05, 4.69) is 56.8 Å². The van der Waals surface area contributed by atoms with Crippen LogP contribution < -0.4 is 0 Å². The number of benzene rings is 1. The summed E-state index contributed by atoms with van der Waals surface area (Å²) in [5, 5.41) is 6.89. The average molecular weight is 258 g/mol. The minimum Gasteiger partial charge on any atom is -0.483 e. The highest BCUT2D eigenvalue weighted by molar-refractivity contribution is 5.32. The molecule has 0 saturated heterocycles. The smallest absolute Gasteiger partial charge is 0.290 e. The molecule has 0 bridgehead atoms. The van der Waals surface area contributed by atoms with Crippen LogP contribution in [0.25, 0.3) is 0 Å². The molecule has 0 fully saturated rings. The number of carbonyl (C=O) groups is 1. The van der Waals surface area contributed by atoms with Crippen molar-refractivity contribution in [1.29, 1.82) is 0 Å². The van der Waals surface area contributed by atoms with Crippen LogP contribution in [0.5, 0.6) is 0 Å². The van der Waals surface area contributed by atoms with Gasteiger partial charge in [0.05, 0.1) is 0 Å². The summed E-state index contributed by atoms with van der Waals surface area (Å²) in [5.41, 5.74) is 4.04. The molecular formula is C17H22O2. The largest absolute Gasteiger partial charge is 0.483 e. The van der Waals surface area contributed by atoms with Crippen LogP contribution in [0.2, 0.25) is 0 Å². The summed E-state index contributed by atoms with van der Waals surface area (Å²) in [4.78, 5) is 8.36. The van der Waals surface area contributed by atoms with Crippen molar-refractivity contribution in [1.82, 2.24) is 0 Å². The fourth-order valence-corrected chi connectivity index (χ4v) is 1.48. The van der Waals surface area contributed by atoms with Gasteiger partial charge in [-0.1, -0.05) is 67.6 Å². The molecule has 2 heteroatoms. The maximum atomic E-state index is 8.36. The third-order valence-electron chi connectivity index (χ3n) is 2.59. The van der Waals surface area contributed by atoms with E-state index in [9.17, 15) is 0 Å². The molecule has 1 aromatic rings.